The minimum Gasteiger partial charge on any atom is -0.461 e. The van der Waals surface area contributed by atoms with Crippen LogP contribution >= 0.6 is 0 Å². The van der Waals surface area contributed by atoms with E-state index in [0.29, 0.717) is 5.57 Å². The first-order chi connectivity index (χ1) is 12.5. The highest BCUT2D eigenvalue weighted by atomic mass is 16.7. The Balaban J connectivity index is 2.08. The fourth-order valence-corrected chi connectivity index (χ4v) is 4.14. The molecule has 0 aromatic carbocycles. The van der Waals surface area contributed by atoms with Gasteiger partial charge in [-0.15, -0.1) is 0 Å². The van der Waals surface area contributed by atoms with Gasteiger partial charge in [-0.2, -0.15) is 0 Å². The van der Waals surface area contributed by atoms with Gasteiger partial charge in [0.1, 0.15) is 12.2 Å². The lowest BCUT2D eigenvalue weighted by Gasteiger charge is -2.35. The first-order valence-electron chi connectivity index (χ1n) is 9.25. The van der Waals surface area contributed by atoms with Gasteiger partial charge in [0.2, 0.25) is 0 Å². The summed E-state index contributed by atoms with van der Waals surface area (Å²) in [6.45, 7) is 10.9. The zero-order chi connectivity index (χ0) is 20.1. The number of rotatable bonds is 3. The summed E-state index contributed by atoms with van der Waals surface area (Å²) in [5, 5.41) is 10.7. The smallest absolute Gasteiger partial charge is 0.334 e. The van der Waals surface area contributed by atoms with Crippen molar-refractivity contribution >= 4 is 11.9 Å². The van der Waals surface area contributed by atoms with Crippen LogP contribution in [-0.4, -0.2) is 53.9 Å². The molecule has 0 aromatic heterocycles. The molecule has 3 rings (SSSR count). The molecule has 3 heterocycles. The molecule has 0 radical (unpaired) electrons. The van der Waals surface area contributed by atoms with Crippen LogP contribution in [-0.2, 0) is 28.5 Å². The summed E-state index contributed by atoms with van der Waals surface area (Å²) in [6, 6.07) is 0. The molecule has 2 saturated heterocycles. The van der Waals surface area contributed by atoms with E-state index in [9.17, 15) is 14.7 Å². The molecule has 0 saturated carbocycles. The first-order valence-corrected chi connectivity index (χ1v) is 9.25. The van der Waals surface area contributed by atoms with Crippen molar-refractivity contribution in [3.8, 4) is 0 Å². The van der Waals surface area contributed by atoms with E-state index in [1.54, 1.807) is 26.8 Å². The fourth-order valence-electron chi connectivity index (χ4n) is 4.14. The van der Waals surface area contributed by atoms with Crippen LogP contribution in [0.1, 0.15) is 40.5 Å². The Morgan fingerprint density at radius 2 is 2.07 bits per heavy atom. The molecule has 3 aliphatic rings. The normalized spacial score (nSPS) is 43.3. The summed E-state index contributed by atoms with van der Waals surface area (Å²) in [4.78, 5) is 24.5. The molecule has 0 aliphatic carbocycles. The SMILES string of the molecule is C=C1C(=O)O[C@@H]2/C=C(/C)[C@]3(OC)C[C@H](O)[C@](C)(C[C@@H](OC(=O)C(C)C)[C@@H]12)O3. The van der Waals surface area contributed by atoms with Crippen molar-refractivity contribution in [1.82, 2.24) is 0 Å². The van der Waals surface area contributed by atoms with Gasteiger partial charge in [-0.05, 0) is 25.5 Å². The third-order valence-corrected chi connectivity index (χ3v) is 5.92. The Morgan fingerprint density at radius 1 is 1.41 bits per heavy atom. The van der Waals surface area contributed by atoms with Gasteiger partial charge in [-0.3, -0.25) is 4.79 Å². The molecule has 7 heteroatoms. The number of fused-ring (bicyclic) bond motifs is 3. The minimum absolute atomic E-state index is 0.190. The number of hydrogen-bond acceptors (Lipinski definition) is 7. The molecule has 0 spiro atoms. The molecule has 3 aliphatic heterocycles. The topological polar surface area (TPSA) is 91.3 Å². The summed E-state index contributed by atoms with van der Waals surface area (Å²) in [7, 11) is 1.51. The second kappa shape index (κ2) is 6.72. The van der Waals surface area contributed by atoms with Crippen LogP contribution in [0.2, 0.25) is 0 Å². The van der Waals surface area contributed by atoms with Crippen LogP contribution in [0, 0.1) is 11.8 Å². The van der Waals surface area contributed by atoms with Crippen molar-refractivity contribution in [2.24, 2.45) is 11.8 Å². The van der Waals surface area contributed by atoms with Gasteiger partial charge in [0.15, 0.2) is 5.79 Å². The van der Waals surface area contributed by atoms with Crippen molar-refractivity contribution in [2.75, 3.05) is 7.11 Å². The molecule has 2 fully saturated rings. The molecule has 27 heavy (non-hydrogen) atoms. The van der Waals surface area contributed by atoms with E-state index >= 15 is 0 Å². The second-order valence-electron chi connectivity index (χ2n) is 8.20. The van der Waals surface area contributed by atoms with Crippen LogP contribution < -0.4 is 0 Å². The standard InChI is InChI=1S/C20H28O7/c1-10(2)17(22)26-14-8-19(5)15(21)9-20(24-6,27-19)11(3)7-13-16(14)12(4)18(23)25-13/h7,10,13-16,21H,4,8-9H2,1-3,5-6H3/b11-7-/t13-,14-,15+,16+,19+,20+/m1/s1. The van der Waals surface area contributed by atoms with Gasteiger partial charge in [0.25, 0.3) is 0 Å². The third-order valence-electron chi connectivity index (χ3n) is 5.92. The Kier molecular flexibility index (Phi) is 4.99. The van der Waals surface area contributed by atoms with Gasteiger partial charge in [-0.1, -0.05) is 20.4 Å². The molecule has 2 bridgehead atoms. The largest absolute Gasteiger partial charge is 0.461 e. The maximum absolute atomic E-state index is 12.3. The minimum atomic E-state index is -1.12. The maximum Gasteiger partial charge on any atom is 0.334 e. The van der Waals surface area contributed by atoms with Crippen molar-refractivity contribution in [1.29, 1.82) is 0 Å². The van der Waals surface area contributed by atoms with Crippen molar-refractivity contribution in [3.63, 3.8) is 0 Å². The molecular formula is C20H28O7. The highest BCUT2D eigenvalue weighted by Crippen LogP contribution is 2.49. The van der Waals surface area contributed by atoms with Crippen LogP contribution in [0.5, 0.6) is 0 Å². The van der Waals surface area contributed by atoms with E-state index < -0.39 is 41.6 Å². The van der Waals surface area contributed by atoms with Crippen molar-refractivity contribution in [2.45, 2.75) is 70.2 Å². The van der Waals surface area contributed by atoms with E-state index in [2.05, 4.69) is 6.58 Å². The monoisotopic (exact) mass is 380 g/mol. The van der Waals surface area contributed by atoms with Crippen LogP contribution in [0.25, 0.3) is 0 Å². The van der Waals surface area contributed by atoms with E-state index in [1.807, 2.05) is 6.92 Å². The molecule has 150 valence electrons. The Labute approximate surface area is 159 Å². The molecule has 1 N–H and O–H groups in total. The average molecular weight is 380 g/mol. The summed E-state index contributed by atoms with van der Waals surface area (Å²) >= 11 is 0. The Bertz CT molecular complexity index is 696. The zero-order valence-electron chi connectivity index (χ0n) is 16.5. The quantitative estimate of drug-likeness (QED) is 0.454. The summed E-state index contributed by atoms with van der Waals surface area (Å²) in [5.41, 5.74) is -0.0672. The highest BCUT2D eigenvalue weighted by molar-refractivity contribution is 5.91. The third kappa shape index (κ3) is 3.22. The molecule has 0 aromatic rings. The molecule has 0 amide bonds. The fraction of sp³-hybridized carbons (Fsp3) is 0.700. The maximum atomic E-state index is 12.3. The highest BCUT2D eigenvalue weighted by Gasteiger charge is 2.59. The summed E-state index contributed by atoms with van der Waals surface area (Å²) < 4.78 is 23.1. The van der Waals surface area contributed by atoms with Crippen LogP contribution in [0.4, 0.5) is 0 Å². The van der Waals surface area contributed by atoms with Crippen molar-refractivity contribution < 1.29 is 33.6 Å². The van der Waals surface area contributed by atoms with Gasteiger partial charge in [0.05, 0.1) is 23.5 Å². The predicted octanol–water partition coefficient (Wildman–Crippen LogP) is 1.88. The molecule has 7 nitrogen and oxygen atoms in total. The lowest BCUT2D eigenvalue weighted by Crippen LogP contribution is -2.45. The number of carbonyl (C=O) groups excluding carboxylic acids is 2. The van der Waals surface area contributed by atoms with Crippen LogP contribution in [0.3, 0.4) is 0 Å². The van der Waals surface area contributed by atoms with Gasteiger partial charge in [-0.25, -0.2) is 4.79 Å². The van der Waals surface area contributed by atoms with Crippen LogP contribution in [0.15, 0.2) is 23.8 Å². The number of aliphatic hydroxyl groups is 1. The number of ether oxygens (including phenoxy) is 4. The summed E-state index contributed by atoms with van der Waals surface area (Å²) in [6.07, 6.45) is -0.00721. The Hall–Kier alpha value is -1.70. The summed E-state index contributed by atoms with van der Waals surface area (Å²) in [5.74, 6) is -2.90. The average Bonchev–Trinajstić information content (AvgIpc) is 3.01. The number of esters is 2. The Morgan fingerprint density at radius 3 is 2.67 bits per heavy atom. The lowest BCUT2D eigenvalue weighted by atomic mass is 9.80. The predicted molar refractivity (Wildman–Crippen MR) is 95.5 cm³/mol. The van der Waals surface area contributed by atoms with Gasteiger partial charge in [0, 0.05) is 25.5 Å². The first kappa shape index (κ1) is 20.0. The number of carbonyl (C=O) groups is 2. The van der Waals surface area contributed by atoms with Gasteiger partial charge < -0.3 is 24.1 Å². The number of aliphatic hydroxyl groups excluding tert-OH is 1. The van der Waals surface area contributed by atoms with E-state index in [4.69, 9.17) is 18.9 Å². The molecular weight excluding hydrogens is 352 g/mol. The zero-order valence-corrected chi connectivity index (χ0v) is 16.5. The number of hydrogen-bond donors (Lipinski definition) is 1. The molecule has 0 unspecified atom stereocenters. The lowest BCUT2D eigenvalue weighted by molar-refractivity contribution is -0.223. The van der Waals surface area contributed by atoms with E-state index in [1.165, 1.54) is 7.11 Å². The van der Waals surface area contributed by atoms with Gasteiger partial charge >= 0.3 is 11.9 Å². The molecule has 6 atom stereocenters. The number of methoxy groups -OCH3 is 1. The van der Waals surface area contributed by atoms with Crippen molar-refractivity contribution in [3.05, 3.63) is 23.8 Å². The van der Waals surface area contributed by atoms with E-state index in [0.717, 1.165) is 0 Å². The van der Waals surface area contributed by atoms with E-state index in [-0.39, 0.29) is 30.3 Å². The second-order valence-corrected chi connectivity index (χ2v) is 8.20.